The summed E-state index contributed by atoms with van der Waals surface area (Å²) >= 11 is 0. The van der Waals surface area contributed by atoms with Crippen LogP contribution in [0.1, 0.15) is 48.0 Å². The van der Waals surface area contributed by atoms with Crippen molar-refractivity contribution in [2.75, 3.05) is 0 Å². The van der Waals surface area contributed by atoms with Gasteiger partial charge in [-0.05, 0) is 42.3 Å². The summed E-state index contributed by atoms with van der Waals surface area (Å²) in [5.74, 6) is 0. The van der Waals surface area contributed by atoms with Crippen molar-refractivity contribution in [2.45, 2.75) is 89.8 Å². The molecule has 1 unspecified atom stereocenters. The second-order valence-corrected chi connectivity index (χ2v) is 19.0. The van der Waals surface area contributed by atoms with Crippen LogP contribution in [0.3, 0.4) is 0 Å². The van der Waals surface area contributed by atoms with Gasteiger partial charge >= 0.3 is 0 Å². The highest BCUT2D eigenvalue weighted by molar-refractivity contribution is 6.74. The van der Waals surface area contributed by atoms with Crippen LogP contribution in [0, 0.1) is 11.3 Å². The monoisotopic (exact) mass is 367 g/mol. The maximum atomic E-state index is 9.83. The summed E-state index contributed by atoms with van der Waals surface area (Å²) in [5.41, 5.74) is -1.01. The van der Waals surface area contributed by atoms with Crippen molar-refractivity contribution < 1.29 is 8.85 Å². The first-order valence-electron chi connectivity index (χ1n) is 8.61. The van der Waals surface area contributed by atoms with E-state index in [1.54, 1.807) is 18.4 Å². The lowest BCUT2D eigenvalue weighted by atomic mass is 10.0. The topological polar surface area (TPSA) is 42.2 Å². The number of hydrogen-bond acceptors (Lipinski definition) is 3. The smallest absolute Gasteiger partial charge is 0.249 e. The van der Waals surface area contributed by atoms with Crippen LogP contribution in [0.2, 0.25) is 36.3 Å². The van der Waals surface area contributed by atoms with Gasteiger partial charge in [0.25, 0.3) is 0 Å². The molecule has 0 aliphatic rings. The molecule has 0 rings (SSSR count). The maximum absolute atomic E-state index is 9.83. The minimum absolute atomic E-state index is 0.0321. The predicted octanol–water partition coefficient (Wildman–Crippen LogP) is 6.38. The maximum Gasteiger partial charge on any atom is 0.249 e. The van der Waals surface area contributed by atoms with Gasteiger partial charge in [-0.1, -0.05) is 47.6 Å². The molecule has 0 aromatic carbocycles. The van der Waals surface area contributed by atoms with Gasteiger partial charge in [-0.25, -0.2) is 0 Å². The molecule has 0 saturated heterocycles. The summed E-state index contributed by atoms with van der Waals surface area (Å²) in [6.45, 7) is 25.6. The van der Waals surface area contributed by atoms with Crippen LogP contribution < -0.4 is 0 Å². The average Bonchev–Trinajstić information content (AvgIpc) is 2.35. The third kappa shape index (κ3) is 5.91. The molecule has 138 valence electrons. The Balaban J connectivity index is 5.54. The molecule has 0 aliphatic carbocycles. The van der Waals surface area contributed by atoms with Gasteiger partial charge in [0.05, 0.1) is 6.26 Å². The molecule has 0 heterocycles. The molecule has 0 aromatic heterocycles. The Morgan fingerprint density at radius 2 is 1.42 bits per heavy atom. The fourth-order valence-corrected chi connectivity index (χ4v) is 3.74. The van der Waals surface area contributed by atoms with Gasteiger partial charge in [0, 0.05) is 6.42 Å². The standard InChI is InChI=1S/C19H37NO2Si2/c1-12-13-19(16-20,22-24(10,11)18(5,6)7)14-15-21-23(8,9)17(2,3)4/h12,14-15H,1,13H2,2-11H3/b15-14+. The van der Waals surface area contributed by atoms with E-state index in [0.717, 1.165) is 0 Å². The first-order valence-corrected chi connectivity index (χ1v) is 14.4. The normalized spacial score (nSPS) is 16.5. The molecule has 0 spiro atoms. The molecular formula is C19H37NO2Si2. The number of rotatable bonds is 7. The van der Waals surface area contributed by atoms with Crippen LogP contribution in [0.25, 0.3) is 0 Å². The highest BCUT2D eigenvalue weighted by atomic mass is 28.4. The molecule has 0 amide bonds. The van der Waals surface area contributed by atoms with Crippen molar-refractivity contribution in [1.82, 2.24) is 0 Å². The van der Waals surface area contributed by atoms with E-state index >= 15 is 0 Å². The Kier molecular flexibility index (Phi) is 7.33. The van der Waals surface area contributed by atoms with Crippen LogP contribution >= 0.6 is 0 Å². The summed E-state index contributed by atoms with van der Waals surface area (Å²) in [6.07, 6.45) is 5.67. The molecule has 0 aliphatic heterocycles. The van der Waals surface area contributed by atoms with Crippen molar-refractivity contribution in [3.05, 3.63) is 25.0 Å². The van der Waals surface area contributed by atoms with Crippen molar-refractivity contribution in [3.63, 3.8) is 0 Å². The van der Waals surface area contributed by atoms with Gasteiger partial charge in [-0.2, -0.15) is 5.26 Å². The van der Waals surface area contributed by atoms with E-state index in [1.165, 1.54) is 0 Å². The van der Waals surface area contributed by atoms with E-state index in [2.05, 4.69) is 80.4 Å². The second kappa shape index (κ2) is 7.59. The van der Waals surface area contributed by atoms with Crippen LogP contribution in [0.5, 0.6) is 0 Å². The molecule has 3 nitrogen and oxygen atoms in total. The number of hydrogen-bond donors (Lipinski definition) is 0. The predicted molar refractivity (Wildman–Crippen MR) is 109 cm³/mol. The summed E-state index contributed by atoms with van der Waals surface area (Å²) in [6, 6.07) is 2.36. The molecule has 0 fully saturated rings. The molecule has 0 radical (unpaired) electrons. The SMILES string of the molecule is C=CCC(C#N)(/C=C/O[Si](C)(C)C(C)(C)C)O[Si](C)(C)C(C)(C)C. The third-order valence-corrected chi connectivity index (χ3v) is 14.2. The minimum Gasteiger partial charge on any atom is -0.549 e. The van der Waals surface area contributed by atoms with Crippen molar-refractivity contribution in [2.24, 2.45) is 0 Å². The van der Waals surface area contributed by atoms with Gasteiger partial charge in [0.2, 0.25) is 8.32 Å². The molecule has 24 heavy (non-hydrogen) atoms. The van der Waals surface area contributed by atoms with Crippen molar-refractivity contribution in [3.8, 4) is 6.07 Å². The lowest BCUT2D eigenvalue weighted by Gasteiger charge is -2.41. The Hall–Kier alpha value is -0.836. The largest absolute Gasteiger partial charge is 0.549 e. The molecule has 1 atom stereocenters. The van der Waals surface area contributed by atoms with Gasteiger partial charge in [-0.3, -0.25) is 0 Å². The summed E-state index contributed by atoms with van der Waals surface area (Å²) in [5, 5.41) is 9.98. The van der Waals surface area contributed by atoms with E-state index < -0.39 is 22.2 Å². The number of nitrogens with zero attached hydrogens (tertiary/aromatic N) is 1. The van der Waals surface area contributed by atoms with Crippen LogP contribution in [-0.2, 0) is 8.85 Å². The van der Waals surface area contributed by atoms with Gasteiger partial charge in [-0.15, -0.1) is 6.58 Å². The van der Waals surface area contributed by atoms with E-state index in [4.69, 9.17) is 8.85 Å². The van der Waals surface area contributed by atoms with Crippen LogP contribution in [0.15, 0.2) is 25.0 Å². The Labute approximate surface area is 152 Å². The third-order valence-electron chi connectivity index (χ3n) is 5.39. The minimum atomic E-state index is -2.10. The molecular weight excluding hydrogens is 330 g/mol. The zero-order valence-corrected chi connectivity index (χ0v) is 19.4. The quantitative estimate of drug-likeness (QED) is 0.298. The first kappa shape index (κ1) is 23.2. The zero-order chi connectivity index (χ0) is 19.4. The Bertz CT molecular complexity index is 505. The van der Waals surface area contributed by atoms with Crippen LogP contribution in [0.4, 0.5) is 0 Å². The molecule has 0 bridgehead atoms. The summed E-state index contributed by atoms with van der Waals surface area (Å²) in [7, 11) is -4.00. The molecule has 0 N–H and O–H groups in total. The second-order valence-electron chi connectivity index (χ2n) is 9.54. The van der Waals surface area contributed by atoms with Gasteiger partial charge in [0.1, 0.15) is 6.07 Å². The van der Waals surface area contributed by atoms with E-state index in [-0.39, 0.29) is 10.1 Å². The number of nitriles is 1. The summed E-state index contributed by atoms with van der Waals surface area (Å²) in [4.78, 5) is 0. The van der Waals surface area contributed by atoms with E-state index in [0.29, 0.717) is 6.42 Å². The van der Waals surface area contributed by atoms with Gasteiger partial charge < -0.3 is 8.85 Å². The Morgan fingerprint density at radius 1 is 0.958 bits per heavy atom. The van der Waals surface area contributed by atoms with E-state index in [9.17, 15) is 5.26 Å². The van der Waals surface area contributed by atoms with Crippen molar-refractivity contribution >= 4 is 16.6 Å². The fourth-order valence-electron chi connectivity index (χ4n) is 1.56. The fraction of sp³-hybridized carbons (Fsp3) is 0.737. The molecule has 0 aromatic rings. The lowest BCUT2D eigenvalue weighted by Crippen LogP contribution is -2.48. The zero-order valence-electron chi connectivity index (χ0n) is 17.4. The van der Waals surface area contributed by atoms with Gasteiger partial charge in [0.15, 0.2) is 13.9 Å². The Morgan fingerprint density at radius 3 is 1.75 bits per heavy atom. The van der Waals surface area contributed by atoms with Crippen molar-refractivity contribution in [1.29, 1.82) is 5.26 Å². The first-order chi connectivity index (χ1) is 10.5. The molecule has 0 saturated carbocycles. The molecule has 5 heteroatoms. The highest BCUT2D eigenvalue weighted by Gasteiger charge is 2.44. The lowest BCUT2D eigenvalue weighted by molar-refractivity contribution is 0.159. The van der Waals surface area contributed by atoms with Crippen LogP contribution in [-0.4, -0.2) is 22.2 Å². The highest BCUT2D eigenvalue weighted by Crippen LogP contribution is 2.41. The van der Waals surface area contributed by atoms with E-state index in [1.807, 2.05) is 0 Å². The average molecular weight is 368 g/mol. The summed E-state index contributed by atoms with van der Waals surface area (Å²) < 4.78 is 12.5.